The van der Waals surface area contributed by atoms with Gasteiger partial charge < -0.3 is 15.0 Å². The first-order chi connectivity index (χ1) is 18.4. The summed E-state index contributed by atoms with van der Waals surface area (Å²) >= 11 is 1.41. The number of nitrogens with one attached hydrogen (secondary N) is 1. The number of carbonyl (C=O) groups is 2. The van der Waals surface area contributed by atoms with Crippen LogP contribution in [0.2, 0.25) is 0 Å². The molecule has 1 fully saturated rings. The average Bonchev–Trinajstić information content (AvgIpc) is 3.45. The maximum absolute atomic E-state index is 13.2. The number of hydrogen-bond donors (Lipinski definition) is 1. The number of piperidine rings is 1. The monoisotopic (exact) mass is 531 g/mol. The van der Waals surface area contributed by atoms with Crippen molar-refractivity contribution in [3.05, 3.63) is 92.1 Å². The average molecular weight is 532 g/mol. The second-order valence-corrected chi connectivity index (χ2v) is 9.82. The number of para-hydroxylation sites is 2. The zero-order valence-electron chi connectivity index (χ0n) is 20.6. The topological polar surface area (TPSA) is 128 Å². The van der Waals surface area contributed by atoms with Gasteiger partial charge in [0, 0.05) is 54.0 Å². The summed E-state index contributed by atoms with van der Waals surface area (Å²) in [6.45, 7) is 1.15. The molecule has 0 spiro atoms. The third-order valence-electron chi connectivity index (χ3n) is 6.63. The summed E-state index contributed by atoms with van der Waals surface area (Å²) in [6.07, 6.45) is 1.45. The Labute approximate surface area is 222 Å². The largest absolute Gasteiger partial charge is 0.496 e. The van der Waals surface area contributed by atoms with Crippen LogP contribution in [-0.4, -0.2) is 51.8 Å². The van der Waals surface area contributed by atoms with Crippen LogP contribution in [0.15, 0.2) is 60.0 Å². The lowest BCUT2D eigenvalue weighted by Crippen LogP contribution is -2.38. The second kappa shape index (κ2) is 10.9. The smallest absolute Gasteiger partial charge is 0.274 e. The Bertz CT molecular complexity index is 1510. The highest BCUT2D eigenvalue weighted by atomic mass is 32.1. The highest BCUT2D eigenvalue weighted by molar-refractivity contribution is 7.09. The van der Waals surface area contributed by atoms with Crippen LogP contribution in [0.1, 0.15) is 50.3 Å². The molecule has 1 aliphatic heterocycles. The van der Waals surface area contributed by atoms with E-state index in [1.165, 1.54) is 17.4 Å². The first-order valence-corrected chi connectivity index (χ1v) is 13.0. The summed E-state index contributed by atoms with van der Waals surface area (Å²) in [6, 6.07) is 15.5. The van der Waals surface area contributed by atoms with E-state index in [1.807, 2.05) is 24.3 Å². The summed E-state index contributed by atoms with van der Waals surface area (Å²) in [5.41, 5.74) is 1.74. The SMILES string of the molecule is COc1cc(C(=O)N2CCC(c3nc(C(=O)NCc4ccccc4[N+](=O)[O-])cs3)CC2)nc2ccccc12. The Morgan fingerprint density at radius 1 is 1.11 bits per heavy atom. The highest BCUT2D eigenvalue weighted by Crippen LogP contribution is 2.32. The number of hydrogen-bond acceptors (Lipinski definition) is 8. The van der Waals surface area contributed by atoms with Crippen LogP contribution in [0, 0.1) is 10.1 Å². The molecule has 1 aliphatic rings. The number of nitro groups is 1. The molecule has 3 heterocycles. The third-order valence-corrected chi connectivity index (χ3v) is 7.64. The molecule has 38 heavy (non-hydrogen) atoms. The number of nitrogens with zero attached hydrogens (tertiary/aromatic N) is 4. The Morgan fingerprint density at radius 2 is 1.84 bits per heavy atom. The molecule has 2 aromatic heterocycles. The fourth-order valence-electron chi connectivity index (χ4n) is 4.60. The maximum atomic E-state index is 13.2. The van der Waals surface area contributed by atoms with Crippen LogP contribution in [-0.2, 0) is 6.54 Å². The number of aromatic nitrogens is 2. The van der Waals surface area contributed by atoms with Crippen molar-refractivity contribution in [1.29, 1.82) is 0 Å². The van der Waals surface area contributed by atoms with E-state index in [0.29, 0.717) is 35.6 Å². The standard InChI is InChI=1S/C27H25N5O5S/c1-37-24-14-21(29-20-8-4-3-7-19(20)24)27(34)31-12-10-17(11-13-31)26-30-22(16-38-26)25(33)28-15-18-6-2-5-9-23(18)32(35)36/h2-9,14,16-17H,10-13,15H2,1H3,(H,28,33). The van der Waals surface area contributed by atoms with Crippen LogP contribution in [0.5, 0.6) is 5.75 Å². The number of methoxy groups -OCH3 is 1. The molecule has 194 valence electrons. The molecule has 4 aromatic rings. The molecule has 0 unspecified atom stereocenters. The first-order valence-electron chi connectivity index (χ1n) is 12.1. The maximum Gasteiger partial charge on any atom is 0.274 e. The molecular weight excluding hydrogens is 506 g/mol. The molecule has 0 atom stereocenters. The van der Waals surface area contributed by atoms with E-state index >= 15 is 0 Å². The van der Waals surface area contributed by atoms with Gasteiger partial charge in [-0.05, 0) is 25.0 Å². The molecule has 0 bridgehead atoms. The van der Waals surface area contributed by atoms with Crippen molar-refractivity contribution in [3.8, 4) is 5.75 Å². The van der Waals surface area contributed by atoms with Gasteiger partial charge >= 0.3 is 0 Å². The van der Waals surface area contributed by atoms with E-state index in [4.69, 9.17) is 4.74 Å². The predicted molar refractivity (Wildman–Crippen MR) is 143 cm³/mol. The molecule has 2 aromatic carbocycles. The Hall–Kier alpha value is -4.38. The van der Waals surface area contributed by atoms with E-state index in [1.54, 1.807) is 41.7 Å². The summed E-state index contributed by atoms with van der Waals surface area (Å²) in [4.78, 5) is 47.4. The van der Waals surface area contributed by atoms with Gasteiger partial charge in [0.05, 0.1) is 22.6 Å². The van der Waals surface area contributed by atoms with E-state index in [2.05, 4.69) is 15.3 Å². The van der Waals surface area contributed by atoms with Gasteiger partial charge in [0.1, 0.15) is 17.1 Å². The minimum Gasteiger partial charge on any atom is -0.496 e. The molecule has 0 saturated carbocycles. The number of carbonyl (C=O) groups excluding carboxylic acids is 2. The fourth-order valence-corrected chi connectivity index (χ4v) is 5.57. The molecule has 1 saturated heterocycles. The Balaban J connectivity index is 1.20. The summed E-state index contributed by atoms with van der Waals surface area (Å²) in [7, 11) is 1.58. The van der Waals surface area contributed by atoms with Crippen molar-refractivity contribution in [3.63, 3.8) is 0 Å². The van der Waals surface area contributed by atoms with Gasteiger partial charge in [0.2, 0.25) is 0 Å². The highest BCUT2D eigenvalue weighted by Gasteiger charge is 2.28. The van der Waals surface area contributed by atoms with Crippen molar-refractivity contribution < 1.29 is 19.2 Å². The molecular formula is C27H25N5O5S. The molecule has 2 amide bonds. The van der Waals surface area contributed by atoms with Gasteiger partial charge in [-0.3, -0.25) is 19.7 Å². The van der Waals surface area contributed by atoms with Crippen LogP contribution in [0.25, 0.3) is 10.9 Å². The molecule has 11 heteroatoms. The lowest BCUT2D eigenvalue weighted by molar-refractivity contribution is -0.385. The predicted octanol–water partition coefficient (Wildman–Crippen LogP) is 4.56. The molecule has 5 rings (SSSR count). The number of fused-ring (bicyclic) bond motifs is 1. The molecule has 1 N–H and O–H groups in total. The second-order valence-electron chi connectivity index (χ2n) is 8.93. The van der Waals surface area contributed by atoms with Gasteiger partial charge in [-0.2, -0.15) is 0 Å². The fraction of sp³-hybridized carbons (Fsp3) is 0.259. The van der Waals surface area contributed by atoms with Gasteiger partial charge in [0.15, 0.2) is 0 Å². The number of ether oxygens (including phenoxy) is 1. The zero-order chi connectivity index (χ0) is 26.6. The van der Waals surface area contributed by atoms with Gasteiger partial charge in [-0.15, -0.1) is 11.3 Å². The van der Waals surface area contributed by atoms with Gasteiger partial charge in [-0.25, -0.2) is 9.97 Å². The van der Waals surface area contributed by atoms with Crippen molar-refractivity contribution in [2.75, 3.05) is 20.2 Å². The van der Waals surface area contributed by atoms with Crippen LogP contribution in [0.3, 0.4) is 0 Å². The summed E-state index contributed by atoms with van der Waals surface area (Å²) in [5.74, 6) is 0.237. The van der Waals surface area contributed by atoms with Crippen molar-refractivity contribution >= 4 is 39.7 Å². The number of amides is 2. The van der Waals surface area contributed by atoms with Crippen molar-refractivity contribution in [2.45, 2.75) is 25.3 Å². The van der Waals surface area contributed by atoms with Crippen LogP contribution in [0.4, 0.5) is 5.69 Å². The minimum atomic E-state index is -0.466. The normalized spacial score (nSPS) is 13.9. The third kappa shape index (κ3) is 5.18. The number of rotatable bonds is 7. The summed E-state index contributed by atoms with van der Waals surface area (Å²) in [5, 5.41) is 17.3. The van der Waals surface area contributed by atoms with E-state index in [-0.39, 0.29) is 35.7 Å². The first kappa shape index (κ1) is 25.3. The zero-order valence-corrected chi connectivity index (χ0v) is 21.4. The number of likely N-dealkylation sites (tertiary alicyclic amines) is 1. The Morgan fingerprint density at radius 3 is 2.61 bits per heavy atom. The van der Waals surface area contributed by atoms with E-state index < -0.39 is 4.92 Å². The summed E-state index contributed by atoms with van der Waals surface area (Å²) < 4.78 is 5.48. The van der Waals surface area contributed by atoms with Crippen molar-refractivity contribution in [2.24, 2.45) is 0 Å². The van der Waals surface area contributed by atoms with Crippen LogP contribution < -0.4 is 10.1 Å². The Kier molecular flexibility index (Phi) is 7.27. The van der Waals surface area contributed by atoms with E-state index in [0.717, 1.165) is 23.2 Å². The van der Waals surface area contributed by atoms with Crippen molar-refractivity contribution in [1.82, 2.24) is 20.2 Å². The van der Waals surface area contributed by atoms with Gasteiger partial charge in [0.25, 0.3) is 17.5 Å². The number of thiazole rings is 1. The minimum absolute atomic E-state index is 0.0367. The quantitative estimate of drug-likeness (QED) is 0.274. The lowest BCUT2D eigenvalue weighted by Gasteiger charge is -2.31. The number of nitro benzene ring substituents is 1. The van der Waals surface area contributed by atoms with E-state index in [9.17, 15) is 19.7 Å². The number of benzene rings is 2. The van der Waals surface area contributed by atoms with Crippen LogP contribution >= 0.6 is 11.3 Å². The molecule has 0 aliphatic carbocycles. The molecule has 0 radical (unpaired) electrons. The lowest BCUT2D eigenvalue weighted by atomic mass is 9.97. The molecule has 10 nitrogen and oxygen atoms in total. The van der Waals surface area contributed by atoms with Gasteiger partial charge in [-0.1, -0.05) is 30.3 Å². The number of pyridine rings is 1.